The van der Waals surface area contributed by atoms with Crippen LogP contribution in [0.1, 0.15) is 12.8 Å². The fourth-order valence-electron chi connectivity index (χ4n) is 2.25. The summed E-state index contributed by atoms with van der Waals surface area (Å²) >= 11 is 7.31. The zero-order chi connectivity index (χ0) is 14.7. The van der Waals surface area contributed by atoms with E-state index in [4.69, 9.17) is 16.3 Å². The lowest BCUT2D eigenvalue weighted by molar-refractivity contribution is -0.122. The van der Waals surface area contributed by atoms with Crippen LogP contribution in [0.5, 0.6) is 0 Å². The number of nitrogens with one attached hydrogen (secondary N) is 1. The summed E-state index contributed by atoms with van der Waals surface area (Å²) in [4.78, 5) is 16.6. The van der Waals surface area contributed by atoms with E-state index in [0.717, 1.165) is 24.1 Å². The Labute approximate surface area is 132 Å². The molecule has 1 saturated heterocycles. The Balaban J connectivity index is 1.67. The number of carbonyl (C=O) groups excluding carboxylic acids is 1. The zero-order valence-electron chi connectivity index (χ0n) is 11.3. The number of hydrogen-bond donors (Lipinski definition) is 1. The van der Waals surface area contributed by atoms with Crippen LogP contribution >= 0.6 is 22.9 Å². The zero-order valence-corrected chi connectivity index (χ0v) is 12.9. The first kappa shape index (κ1) is 14.5. The fraction of sp³-hybridized carbons (Fsp3) is 0.333. The molecule has 0 aliphatic carbocycles. The van der Waals surface area contributed by atoms with Crippen LogP contribution in [-0.2, 0) is 9.53 Å². The molecule has 1 fully saturated rings. The lowest BCUT2D eigenvalue weighted by Crippen LogP contribution is -2.28. The Morgan fingerprint density at radius 2 is 2.00 bits per heavy atom. The molecule has 1 aliphatic rings. The molecule has 6 heteroatoms. The van der Waals surface area contributed by atoms with Gasteiger partial charge >= 0.3 is 0 Å². The topological polar surface area (TPSA) is 51.2 Å². The van der Waals surface area contributed by atoms with Gasteiger partial charge in [-0.1, -0.05) is 23.7 Å². The third kappa shape index (κ3) is 3.61. The van der Waals surface area contributed by atoms with Crippen LogP contribution in [0.4, 0.5) is 5.13 Å². The molecule has 1 amide bonds. The van der Waals surface area contributed by atoms with E-state index in [-0.39, 0.29) is 11.8 Å². The van der Waals surface area contributed by atoms with E-state index >= 15 is 0 Å². The van der Waals surface area contributed by atoms with Crippen molar-refractivity contribution in [3.63, 3.8) is 0 Å². The Morgan fingerprint density at radius 1 is 1.29 bits per heavy atom. The molecule has 0 saturated carbocycles. The van der Waals surface area contributed by atoms with Crippen molar-refractivity contribution in [3.8, 4) is 11.3 Å². The van der Waals surface area contributed by atoms with Gasteiger partial charge in [-0.05, 0) is 25.0 Å². The highest BCUT2D eigenvalue weighted by atomic mass is 35.5. The lowest BCUT2D eigenvalue weighted by Gasteiger charge is -2.20. The summed E-state index contributed by atoms with van der Waals surface area (Å²) < 4.78 is 5.27. The first-order valence-corrected chi connectivity index (χ1v) is 8.08. The largest absolute Gasteiger partial charge is 0.381 e. The summed E-state index contributed by atoms with van der Waals surface area (Å²) in [5, 5.41) is 6.17. The van der Waals surface area contributed by atoms with Crippen molar-refractivity contribution < 1.29 is 9.53 Å². The third-order valence-corrected chi connectivity index (χ3v) is 4.48. The van der Waals surface area contributed by atoms with Gasteiger partial charge in [0.2, 0.25) is 5.91 Å². The van der Waals surface area contributed by atoms with Gasteiger partial charge in [0.05, 0.1) is 5.69 Å². The Bertz CT molecular complexity index is 621. The quantitative estimate of drug-likeness (QED) is 0.934. The van der Waals surface area contributed by atoms with Crippen molar-refractivity contribution in [2.24, 2.45) is 5.92 Å². The van der Waals surface area contributed by atoms with Gasteiger partial charge in [0, 0.05) is 35.1 Å². The third-order valence-electron chi connectivity index (χ3n) is 3.47. The minimum Gasteiger partial charge on any atom is -0.381 e. The number of anilines is 1. The number of benzene rings is 1. The Hall–Kier alpha value is -1.43. The van der Waals surface area contributed by atoms with Gasteiger partial charge in [-0.2, -0.15) is 0 Å². The van der Waals surface area contributed by atoms with Gasteiger partial charge in [-0.25, -0.2) is 4.98 Å². The van der Waals surface area contributed by atoms with E-state index in [0.29, 0.717) is 23.4 Å². The van der Waals surface area contributed by atoms with E-state index in [1.165, 1.54) is 11.3 Å². The number of hydrogen-bond acceptors (Lipinski definition) is 4. The van der Waals surface area contributed by atoms with Crippen LogP contribution in [0.15, 0.2) is 29.6 Å². The van der Waals surface area contributed by atoms with Crippen LogP contribution in [0.3, 0.4) is 0 Å². The van der Waals surface area contributed by atoms with Crippen molar-refractivity contribution in [2.75, 3.05) is 18.5 Å². The molecule has 3 rings (SSSR count). The molecule has 0 bridgehead atoms. The first-order valence-electron chi connectivity index (χ1n) is 6.82. The number of carbonyl (C=O) groups is 1. The average molecular weight is 323 g/mol. The second kappa shape index (κ2) is 6.56. The molecule has 4 nitrogen and oxygen atoms in total. The summed E-state index contributed by atoms with van der Waals surface area (Å²) in [6.45, 7) is 1.32. The second-order valence-electron chi connectivity index (χ2n) is 4.92. The Kier molecular flexibility index (Phi) is 4.53. The van der Waals surface area contributed by atoms with Crippen molar-refractivity contribution >= 4 is 34.0 Å². The molecule has 0 spiro atoms. The van der Waals surface area contributed by atoms with Crippen LogP contribution in [0.2, 0.25) is 5.02 Å². The number of nitrogens with zero attached hydrogens (tertiary/aromatic N) is 1. The number of aromatic nitrogens is 1. The molecule has 1 aromatic heterocycles. The number of amides is 1. The maximum absolute atomic E-state index is 12.1. The lowest BCUT2D eigenvalue weighted by atomic mass is 10.00. The molecule has 21 heavy (non-hydrogen) atoms. The normalized spacial score (nSPS) is 15.9. The summed E-state index contributed by atoms with van der Waals surface area (Å²) in [6.07, 6.45) is 1.56. The van der Waals surface area contributed by atoms with E-state index < -0.39 is 0 Å². The number of thiazole rings is 1. The van der Waals surface area contributed by atoms with Gasteiger partial charge in [0.15, 0.2) is 5.13 Å². The molecule has 110 valence electrons. The summed E-state index contributed by atoms with van der Waals surface area (Å²) in [6, 6.07) is 7.50. The number of ether oxygens (including phenoxy) is 1. The van der Waals surface area contributed by atoms with Crippen LogP contribution < -0.4 is 5.32 Å². The molecule has 2 aromatic rings. The van der Waals surface area contributed by atoms with Gasteiger partial charge in [0.1, 0.15) is 0 Å². The number of halogens is 1. The van der Waals surface area contributed by atoms with Crippen LogP contribution in [0.25, 0.3) is 11.3 Å². The molecule has 2 heterocycles. The minimum absolute atomic E-state index is 0.0293. The van der Waals surface area contributed by atoms with Crippen molar-refractivity contribution in [2.45, 2.75) is 12.8 Å². The molecular weight excluding hydrogens is 308 g/mol. The SMILES string of the molecule is O=C(Nc1nc(-c2ccc(Cl)cc2)cs1)C1CCOCC1. The second-order valence-corrected chi connectivity index (χ2v) is 6.22. The molecule has 1 aromatic carbocycles. The van der Waals surface area contributed by atoms with E-state index in [1.54, 1.807) is 0 Å². The van der Waals surface area contributed by atoms with Crippen molar-refractivity contribution in [1.29, 1.82) is 0 Å². The summed E-state index contributed by atoms with van der Waals surface area (Å²) in [5.41, 5.74) is 1.83. The molecule has 0 radical (unpaired) electrons. The predicted octanol–water partition coefficient (Wildman–Crippen LogP) is 3.83. The molecule has 0 atom stereocenters. The highest BCUT2D eigenvalue weighted by Crippen LogP contribution is 2.27. The van der Waals surface area contributed by atoms with Crippen molar-refractivity contribution in [3.05, 3.63) is 34.7 Å². The minimum atomic E-state index is 0.0293. The van der Waals surface area contributed by atoms with E-state index in [9.17, 15) is 4.79 Å². The highest BCUT2D eigenvalue weighted by molar-refractivity contribution is 7.14. The molecule has 1 N–H and O–H groups in total. The van der Waals surface area contributed by atoms with Crippen LogP contribution in [0, 0.1) is 5.92 Å². The van der Waals surface area contributed by atoms with E-state index in [1.807, 2.05) is 29.6 Å². The number of rotatable bonds is 3. The van der Waals surface area contributed by atoms with Gasteiger partial charge in [-0.15, -0.1) is 11.3 Å². The smallest absolute Gasteiger partial charge is 0.229 e. The molecule has 0 unspecified atom stereocenters. The van der Waals surface area contributed by atoms with Crippen LogP contribution in [-0.4, -0.2) is 24.1 Å². The monoisotopic (exact) mass is 322 g/mol. The highest BCUT2D eigenvalue weighted by Gasteiger charge is 2.22. The Morgan fingerprint density at radius 3 is 2.71 bits per heavy atom. The fourth-order valence-corrected chi connectivity index (χ4v) is 3.10. The van der Waals surface area contributed by atoms with Crippen molar-refractivity contribution in [1.82, 2.24) is 4.98 Å². The first-order chi connectivity index (χ1) is 10.2. The summed E-state index contributed by atoms with van der Waals surface area (Å²) in [5.74, 6) is 0.0666. The predicted molar refractivity (Wildman–Crippen MR) is 84.7 cm³/mol. The maximum Gasteiger partial charge on any atom is 0.229 e. The summed E-state index contributed by atoms with van der Waals surface area (Å²) in [7, 11) is 0. The average Bonchev–Trinajstić information content (AvgIpc) is 2.97. The maximum atomic E-state index is 12.1. The van der Waals surface area contributed by atoms with Gasteiger partial charge in [-0.3, -0.25) is 4.79 Å². The van der Waals surface area contributed by atoms with E-state index in [2.05, 4.69) is 10.3 Å². The standard InChI is InChI=1S/C15H15ClN2O2S/c16-12-3-1-10(2-4-12)13-9-21-15(17-13)18-14(19)11-5-7-20-8-6-11/h1-4,9,11H,5-8H2,(H,17,18,19). The molecule has 1 aliphatic heterocycles. The molecular formula is C15H15ClN2O2S. The van der Waals surface area contributed by atoms with Gasteiger partial charge in [0.25, 0.3) is 0 Å². The van der Waals surface area contributed by atoms with Gasteiger partial charge < -0.3 is 10.1 Å².